The van der Waals surface area contributed by atoms with Gasteiger partial charge in [-0.25, -0.2) is 4.98 Å². The zero-order valence-corrected chi connectivity index (χ0v) is 16.0. The summed E-state index contributed by atoms with van der Waals surface area (Å²) in [6, 6.07) is 1.64. The van der Waals surface area contributed by atoms with Gasteiger partial charge in [0.1, 0.15) is 22.6 Å². The van der Waals surface area contributed by atoms with E-state index in [9.17, 15) is 34.8 Å². The van der Waals surface area contributed by atoms with Gasteiger partial charge in [0.25, 0.3) is 5.91 Å². The summed E-state index contributed by atoms with van der Waals surface area (Å²) in [5, 5.41) is 42.9. The van der Waals surface area contributed by atoms with Gasteiger partial charge in [0.2, 0.25) is 5.78 Å². The van der Waals surface area contributed by atoms with Crippen molar-refractivity contribution in [1.29, 1.82) is 0 Å². The van der Waals surface area contributed by atoms with Crippen LogP contribution >= 0.6 is 0 Å². The van der Waals surface area contributed by atoms with Crippen molar-refractivity contribution < 1.29 is 34.8 Å². The Hall–Kier alpha value is -3.79. The molecule has 0 aliphatic heterocycles. The number of aliphatic hydroxyl groups is 3. The van der Waals surface area contributed by atoms with Crippen LogP contribution in [0.25, 0.3) is 11.0 Å². The van der Waals surface area contributed by atoms with Gasteiger partial charge in [0.05, 0.1) is 11.1 Å². The van der Waals surface area contributed by atoms with E-state index in [1.807, 2.05) is 0 Å². The molecule has 31 heavy (non-hydrogen) atoms. The average molecular weight is 423 g/mol. The Kier molecular flexibility index (Phi) is 3.78. The summed E-state index contributed by atoms with van der Waals surface area (Å²) in [5.41, 5.74) is 2.53. The Morgan fingerprint density at radius 3 is 2.55 bits per heavy atom. The van der Waals surface area contributed by atoms with E-state index in [-0.39, 0.29) is 35.9 Å². The van der Waals surface area contributed by atoms with Crippen LogP contribution in [-0.4, -0.2) is 53.5 Å². The zero-order valence-electron chi connectivity index (χ0n) is 16.0. The molecule has 1 aromatic carbocycles. The molecule has 0 fully saturated rings. The zero-order chi connectivity index (χ0) is 22.2. The van der Waals surface area contributed by atoms with Gasteiger partial charge in [0.15, 0.2) is 17.1 Å². The molecule has 6 N–H and O–H groups in total. The monoisotopic (exact) mass is 423 g/mol. The van der Waals surface area contributed by atoms with Crippen molar-refractivity contribution in [3.63, 3.8) is 0 Å². The van der Waals surface area contributed by atoms with Gasteiger partial charge in [-0.15, -0.1) is 0 Å². The number of amides is 1. The molecule has 10 heteroatoms. The molecule has 3 aliphatic carbocycles. The minimum atomic E-state index is -2.57. The fourth-order valence-corrected chi connectivity index (χ4v) is 5.10. The summed E-state index contributed by atoms with van der Waals surface area (Å²) in [4.78, 5) is 46.0. The summed E-state index contributed by atoms with van der Waals surface area (Å²) >= 11 is 0. The third-order valence-corrected chi connectivity index (χ3v) is 6.49. The molecule has 10 nitrogen and oxygen atoms in total. The average Bonchev–Trinajstić information content (AvgIpc) is 2.70. The van der Waals surface area contributed by atoms with E-state index in [4.69, 9.17) is 5.73 Å². The third kappa shape index (κ3) is 2.33. The fourth-order valence-electron chi connectivity index (χ4n) is 5.10. The van der Waals surface area contributed by atoms with Crippen molar-refractivity contribution in [2.24, 2.45) is 17.6 Å². The first-order chi connectivity index (χ1) is 14.7. The van der Waals surface area contributed by atoms with Crippen molar-refractivity contribution in [2.45, 2.75) is 24.9 Å². The number of ketones is 2. The maximum atomic E-state index is 13.3. The van der Waals surface area contributed by atoms with Crippen LogP contribution < -0.4 is 5.73 Å². The number of aromatic nitrogens is 2. The quantitative estimate of drug-likeness (QED) is 0.408. The van der Waals surface area contributed by atoms with Crippen LogP contribution in [0.5, 0.6) is 5.75 Å². The van der Waals surface area contributed by atoms with Gasteiger partial charge < -0.3 is 26.2 Å². The Labute approximate surface area is 174 Å². The van der Waals surface area contributed by atoms with Crippen LogP contribution in [0.3, 0.4) is 0 Å². The van der Waals surface area contributed by atoms with Crippen molar-refractivity contribution >= 4 is 28.5 Å². The van der Waals surface area contributed by atoms with Crippen LogP contribution in [0, 0.1) is 11.8 Å². The number of nitrogens with zero attached hydrogens (tertiary/aromatic N) is 2. The number of benzene rings is 1. The first-order valence-electron chi connectivity index (χ1n) is 9.59. The number of carbonyl (C=O) groups is 3. The van der Waals surface area contributed by atoms with E-state index in [2.05, 4.69) is 9.97 Å². The van der Waals surface area contributed by atoms with E-state index in [0.29, 0.717) is 11.1 Å². The minimum Gasteiger partial charge on any atom is -0.511 e. The number of nitrogens with two attached hydrogens (primary N) is 1. The number of hydrogen-bond donors (Lipinski definition) is 5. The second-order valence-corrected chi connectivity index (χ2v) is 8.09. The number of phenolic OH excluding ortho intramolecular Hbond substituents is 1. The highest BCUT2D eigenvalue weighted by Gasteiger charge is 2.59. The normalized spacial score (nSPS) is 27.8. The molecule has 158 valence electrons. The number of Topliss-reactive ketones (excluding diaryl/α,β-unsaturated/α-hetero) is 2. The number of aromatic hydroxyl groups is 1. The Balaban J connectivity index is 1.72. The standard InChI is InChI=1S/C21H17N3O7/c22-20(30)14-11(25)6-9-4-7-3-8-5-10-15(24-2-1-23-10)17(27)12(8)16(26)13(7)18(28)21(9,31)19(14)29/h1-2,5,7,9,25,27-28,31H,3-4,6H2,(H2,22,30)/t7?,9-,21-/m0/s1. The molecule has 1 unspecified atom stereocenters. The van der Waals surface area contributed by atoms with E-state index < -0.39 is 57.8 Å². The number of aliphatic hydroxyl groups excluding tert-OH is 2. The lowest BCUT2D eigenvalue weighted by Crippen LogP contribution is -2.57. The number of hydrogen-bond acceptors (Lipinski definition) is 9. The van der Waals surface area contributed by atoms with Gasteiger partial charge >= 0.3 is 0 Å². The Bertz CT molecular complexity index is 1300. The first kappa shape index (κ1) is 19.2. The van der Waals surface area contributed by atoms with Crippen LogP contribution in [0.1, 0.15) is 28.8 Å². The predicted molar refractivity (Wildman–Crippen MR) is 104 cm³/mol. The summed E-state index contributed by atoms with van der Waals surface area (Å²) < 4.78 is 0. The van der Waals surface area contributed by atoms with Crippen molar-refractivity contribution in [3.8, 4) is 5.75 Å². The minimum absolute atomic E-state index is 0.0791. The Morgan fingerprint density at radius 2 is 1.84 bits per heavy atom. The number of rotatable bonds is 1. The van der Waals surface area contributed by atoms with E-state index in [1.54, 1.807) is 6.07 Å². The summed E-state index contributed by atoms with van der Waals surface area (Å²) in [5.74, 6) is -6.59. The largest absolute Gasteiger partial charge is 0.511 e. The number of phenols is 1. The van der Waals surface area contributed by atoms with Crippen molar-refractivity contribution in [3.05, 3.63) is 52.3 Å². The molecule has 3 atom stereocenters. The SMILES string of the molecule is NC(=O)C1=C(O)C[C@@H]2CC3Cc4cc5nccnc5c(O)c4C(=O)C3=C(O)[C@]2(O)C1=O. The van der Waals surface area contributed by atoms with Crippen LogP contribution in [-0.2, 0) is 16.0 Å². The van der Waals surface area contributed by atoms with Gasteiger partial charge in [-0.2, -0.15) is 0 Å². The summed E-state index contributed by atoms with van der Waals surface area (Å²) in [6.45, 7) is 0. The molecule has 0 bridgehead atoms. The molecule has 0 saturated carbocycles. The lowest BCUT2D eigenvalue weighted by Gasteiger charge is -2.45. The van der Waals surface area contributed by atoms with Gasteiger partial charge in [-0.05, 0) is 30.4 Å². The highest BCUT2D eigenvalue weighted by atomic mass is 16.3. The second kappa shape index (κ2) is 6.11. The number of primary amides is 1. The molecule has 1 aromatic heterocycles. The highest BCUT2D eigenvalue weighted by molar-refractivity contribution is 6.24. The molecule has 1 heterocycles. The van der Waals surface area contributed by atoms with Gasteiger partial charge in [0, 0.05) is 30.3 Å². The molecule has 2 aromatic rings. The van der Waals surface area contributed by atoms with Crippen molar-refractivity contribution in [2.75, 3.05) is 0 Å². The van der Waals surface area contributed by atoms with Gasteiger partial charge in [-0.1, -0.05) is 0 Å². The molecule has 5 rings (SSSR count). The molecule has 1 amide bonds. The van der Waals surface area contributed by atoms with Gasteiger partial charge in [-0.3, -0.25) is 19.4 Å². The van der Waals surface area contributed by atoms with Crippen LogP contribution in [0.15, 0.2) is 41.1 Å². The first-order valence-corrected chi connectivity index (χ1v) is 9.59. The predicted octanol–water partition coefficient (Wildman–Crippen LogP) is 0.524. The molecular formula is C21H17N3O7. The van der Waals surface area contributed by atoms with E-state index in [1.165, 1.54) is 12.4 Å². The number of allylic oxidation sites excluding steroid dienone is 2. The fraction of sp³-hybridized carbons (Fsp3) is 0.286. The molecule has 0 radical (unpaired) electrons. The number of fused-ring (bicyclic) bond motifs is 4. The highest BCUT2D eigenvalue weighted by Crippen LogP contribution is 2.51. The van der Waals surface area contributed by atoms with Crippen LogP contribution in [0.4, 0.5) is 0 Å². The second-order valence-electron chi connectivity index (χ2n) is 8.09. The topological polar surface area (TPSA) is 184 Å². The maximum absolute atomic E-state index is 13.3. The number of carbonyl (C=O) groups excluding carboxylic acids is 3. The van der Waals surface area contributed by atoms with Crippen LogP contribution in [0.2, 0.25) is 0 Å². The lowest BCUT2D eigenvalue weighted by atomic mass is 9.60. The molecule has 0 saturated heterocycles. The molecule has 3 aliphatic rings. The third-order valence-electron chi connectivity index (χ3n) is 6.49. The smallest absolute Gasteiger partial charge is 0.255 e. The Morgan fingerprint density at radius 1 is 1.13 bits per heavy atom. The molecular weight excluding hydrogens is 406 g/mol. The molecule has 0 spiro atoms. The summed E-state index contributed by atoms with van der Waals surface area (Å²) in [6.07, 6.45) is 2.87. The summed E-state index contributed by atoms with van der Waals surface area (Å²) in [7, 11) is 0. The van der Waals surface area contributed by atoms with Crippen molar-refractivity contribution in [1.82, 2.24) is 9.97 Å². The van der Waals surface area contributed by atoms with E-state index >= 15 is 0 Å². The maximum Gasteiger partial charge on any atom is 0.255 e. The van der Waals surface area contributed by atoms with E-state index in [0.717, 1.165) is 0 Å². The lowest BCUT2D eigenvalue weighted by molar-refractivity contribution is -0.144.